The Hall–Kier alpha value is -1.64. The van der Waals surface area contributed by atoms with Crippen LogP contribution in [-0.2, 0) is 0 Å². The first-order valence-corrected chi connectivity index (χ1v) is 3.87. The van der Waals surface area contributed by atoms with Crippen molar-refractivity contribution in [1.82, 2.24) is 0 Å². The summed E-state index contributed by atoms with van der Waals surface area (Å²) in [5, 5.41) is 26.6. The van der Waals surface area contributed by atoms with Crippen molar-refractivity contribution < 1.29 is 14.6 Å². The molecule has 1 aromatic rings. The van der Waals surface area contributed by atoms with E-state index in [1.54, 1.807) is 0 Å². The van der Waals surface area contributed by atoms with Crippen molar-refractivity contribution in [3.05, 3.63) is 29.6 Å². The van der Waals surface area contributed by atoms with E-state index >= 15 is 0 Å². The van der Waals surface area contributed by atoms with Crippen molar-refractivity contribution in [3.63, 3.8) is 0 Å². The first kappa shape index (κ1) is 10.4. The second-order valence-electron chi connectivity index (χ2n) is 2.80. The Morgan fingerprint density at radius 3 is 2.57 bits per heavy atom. The number of aliphatic hydroxyl groups is 2. The average Bonchev–Trinajstić information content (AvgIpc) is 2.20. The van der Waals surface area contributed by atoms with Gasteiger partial charge in [-0.3, -0.25) is 0 Å². The normalized spacial score (nSPS) is 14.4. The lowest BCUT2D eigenvalue weighted by atomic mass is 10.0. The van der Waals surface area contributed by atoms with Gasteiger partial charge in [-0.15, -0.1) is 0 Å². The highest BCUT2D eigenvalue weighted by Gasteiger charge is 2.18. The fourth-order valence-electron chi connectivity index (χ4n) is 0.980. The molecule has 0 bridgehead atoms. The third kappa shape index (κ3) is 1.99. The number of nitriles is 1. The lowest BCUT2D eigenvalue weighted by Crippen LogP contribution is -2.16. The molecule has 0 heterocycles. The van der Waals surface area contributed by atoms with Gasteiger partial charge in [-0.05, 0) is 17.7 Å². The number of nitrogens with two attached hydrogens (primary N) is 1. The van der Waals surface area contributed by atoms with Crippen LogP contribution in [0.4, 0.5) is 10.1 Å². The van der Waals surface area contributed by atoms with Crippen molar-refractivity contribution in [2.75, 3.05) is 5.73 Å². The van der Waals surface area contributed by atoms with E-state index in [1.165, 1.54) is 18.2 Å². The number of hydrogen-bond acceptors (Lipinski definition) is 4. The van der Waals surface area contributed by atoms with Crippen molar-refractivity contribution in [2.24, 2.45) is 0 Å². The minimum atomic E-state index is -1.57. The van der Waals surface area contributed by atoms with E-state index in [2.05, 4.69) is 0 Å². The lowest BCUT2D eigenvalue weighted by Gasteiger charge is -2.12. The molecule has 0 amide bonds. The van der Waals surface area contributed by atoms with Crippen molar-refractivity contribution in [2.45, 2.75) is 12.2 Å². The minimum absolute atomic E-state index is 0.0487. The van der Waals surface area contributed by atoms with Gasteiger partial charge in [-0.25, -0.2) is 4.39 Å². The molecule has 2 atom stereocenters. The van der Waals surface area contributed by atoms with Gasteiger partial charge in [0.2, 0.25) is 0 Å². The molecule has 0 aliphatic rings. The van der Waals surface area contributed by atoms with Crippen LogP contribution >= 0.6 is 0 Å². The van der Waals surface area contributed by atoms with Crippen LogP contribution in [0.15, 0.2) is 18.2 Å². The first-order valence-electron chi connectivity index (χ1n) is 3.87. The maximum atomic E-state index is 12.9. The van der Waals surface area contributed by atoms with Crippen molar-refractivity contribution in [3.8, 4) is 6.07 Å². The molecule has 2 unspecified atom stereocenters. The van der Waals surface area contributed by atoms with Crippen LogP contribution in [0.1, 0.15) is 11.7 Å². The number of aliphatic hydroxyl groups excluding tert-OH is 2. The van der Waals surface area contributed by atoms with Gasteiger partial charge in [0.05, 0.1) is 11.8 Å². The molecule has 0 aliphatic carbocycles. The summed E-state index contributed by atoms with van der Waals surface area (Å²) in [6, 6.07) is 5.05. The molecule has 0 fully saturated rings. The second-order valence-corrected chi connectivity index (χ2v) is 2.80. The van der Waals surface area contributed by atoms with Gasteiger partial charge >= 0.3 is 0 Å². The van der Waals surface area contributed by atoms with Crippen LogP contribution in [-0.4, -0.2) is 16.3 Å². The zero-order valence-electron chi connectivity index (χ0n) is 7.18. The van der Waals surface area contributed by atoms with Gasteiger partial charge in [0, 0.05) is 0 Å². The standard InChI is InChI=1S/C9H9FN2O2/c10-6-3-5(1-2-7(6)12)9(14)8(13)4-11/h1-3,8-9,13-14H,12H2. The fourth-order valence-corrected chi connectivity index (χ4v) is 0.980. The highest BCUT2D eigenvalue weighted by atomic mass is 19.1. The molecule has 0 aromatic heterocycles. The van der Waals surface area contributed by atoms with E-state index in [4.69, 9.17) is 16.1 Å². The Kier molecular flexibility index (Phi) is 3.02. The smallest absolute Gasteiger partial charge is 0.170 e. The predicted octanol–water partition coefficient (Wildman–Crippen LogP) is 0.326. The summed E-state index contributed by atoms with van der Waals surface area (Å²) >= 11 is 0. The summed E-state index contributed by atoms with van der Waals surface area (Å²) < 4.78 is 12.9. The van der Waals surface area contributed by atoms with Crippen LogP contribution in [0.2, 0.25) is 0 Å². The van der Waals surface area contributed by atoms with Gasteiger partial charge in [0.15, 0.2) is 6.10 Å². The monoisotopic (exact) mass is 196 g/mol. The molecule has 0 radical (unpaired) electrons. The molecule has 4 N–H and O–H groups in total. The molecule has 4 nitrogen and oxygen atoms in total. The van der Waals surface area contributed by atoms with Gasteiger partial charge < -0.3 is 15.9 Å². The van der Waals surface area contributed by atoms with Gasteiger partial charge in [-0.1, -0.05) is 6.07 Å². The number of hydrogen-bond donors (Lipinski definition) is 3. The van der Waals surface area contributed by atoms with E-state index in [0.717, 1.165) is 6.07 Å². The topological polar surface area (TPSA) is 90.3 Å². The van der Waals surface area contributed by atoms with Crippen LogP contribution in [0.5, 0.6) is 0 Å². The third-order valence-electron chi connectivity index (χ3n) is 1.80. The summed E-state index contributed by atoms with van der Waals surface area (Å²) in [6.45, 7) is 0. The maximum absolute atomic E-state index is 12.9. The number of rotatable bonds is 2. The molecule has 0 saturated carbocycles. The summed E-state index contributed by atoms with van der Waals surface area (Å²) in [5.74, 6) is -0.688. The van der Waals surface area contributed by atoms with Crippen molar-refractivity contribution in [1.29, 1.82) is 5.26 Å². The minimum Gasteiger partial charge on any atom is -0.396 e. The maximum Gasteiger partial charge on any atom is 0.170 e. The second kappa shape index (κ2) is 4.05. The molecule has 1 aromatic carbocycles. The highest BCUT2D eigenvalue weighted by molar-refractivity contribution is 5.42. The molecule has 74 valence electrons. The van der Waals surface area contributed by atoms with Gasteiger partial charge in [-0.2, -0.15) is 5.26 Å². The SMILES string of the molecule is N#CC(O)C(O)c1ccc(N)c(F)c1. The Bertz CT molecular complexity index is 376. The van der Waals surface area contributed by atoms with E-state index in [1.807, 2.05) is 0 Å². The zero-order chi connectivity index (χ0) is 10.7. The van der Waals surface area contributed by atoms with Crippen LogP contribution < -0.4 is 5.73 Å². The molecule has 1 rings (SSSR count). The van der Waals surface area contributed by atoms with Crippen LogP contribution in [0, 0.1) is 17.1 Å². The quantitative estimate of drug-likeness (QED) is 0.469. The fraction of sp³-hybridized carbons (Fsp3) is 0.222. The molecule has 14 heavy (non-hydrogen) atoms. The highest BCUT2D eigenvalue weighted by Crippen LogP contribution is 2.20. The Morgan fingerprint density at radius 1 is 1.43 bits per heavy atom. The summed E-state index contributed by atoms with van der Waals surface area (Å²) in [7, 11) is 0. The van der Waals surface area contributed by atoms with Crippen LogP contribution in [0.3, 0.4) is 0 Å². The van der Waals surface area contributed by atoms with E-state index < -0.39 is 18.0 Å². The lowest BCUT2D eigenvalue weighted by molar-refractivity contribution is 0.0526. The predicted molar refractivity (Wildman–Crippen MR) is 47.4 cm³/mol. The average molecular weight is 196 g/mol. The number of nitrogen functional groups attached to an aromatic ring is 1. The Labute approximate surface area is 80.0 Å². The van der Waals surface area contributed by atoms with E-state index in [0.29, 0.717) is 0 Å². The van der Waals surface area contributed by atoms with Crippen molar-refractivity contribution >= 4 is 5.69 Å². The molecule has 0 saturated heterocycles. The number of nitrogens with zero attached hydrogens (tertiary/aromatic N) is 1. The largest absolute Gasteiger partial charge is 0.396 e. The molecule has 0 aliphatic heterocycles. The van der Waals surface area contributed by atoms with Gasteiger partial charge in [0.1, 0.15) is 11.9 Å². The molecular weight excluding hydrogens is 187 g/mol. The third-order valence-corrected chi connectivity index (χ3v) is 1.80. The van der Waals surface area contributed by atoms with E-state index in [9.17, 15) is 9.50 Å². The molecular formula is C9H9FN2O2. The number of anilines is 1. The van der Waals surface area contributed by atoms with Crippen LogP contribution in [0.25, 0.3) is 0 Å². The number of benzene rings is 1. The van der Waals surface area contributed by atoms with E-state index in [-0.39, 0.29) is 11.3 Å². The summed E-state index contributed by atoms with van der Waals surface area (Å²) in [4.78, 5) is 0. The molecule has 5 heteroatoms. The Balaban J connectivity index is 2.98. The number of halogens is 1. The zero-order valence-corrected chi connectivity index (χ0v) is 7.18. The first-order chi connectivity index (χ1) is 6.56. The Morgan fingerprint density at radius 2 is 2.07 bits per heavy atom. The molecule has 0 spiro atoms. The summed E-state index contributed by atoms with van der Waals surface area (Å²) in [6.07, 6.45) is -2.99. The summed E-state index contributed by atoms with van der Waals surface area (Å²) in [5.41, 5.74) is 5.28. The van der Waals surface area contributed by atoms with Gasteiger partial charge in [0.25, 0.3) is 0 Å².